The van der Waals surface area contributed by atoms with Gasteiger partial charge in [-0.2, -0.15) is 0 Å². The smallest absolute Gasteiger partial charge is 0.410 e. The molecule has 2 aliphatic heterocycles. The molecule has 0 saturated carbocycles. The molecule has 2 amide bonds. The molecular formula is C30H45Br2N6O5+. The number of carbonyl (C=O) groups excluding carboxylic acids is 3. The number of amides is 2. The first-order chi connectivity index (χ1) is 20.1. The first-order valence-corrected chi connectivity index (χ1v) is 15.9. The minimum atomic E-state index is -0.435. The van der Waals surface area contributed by atoms with E-state index < -0.39 is 5.60 Å². The molecule has 0 aromatic carbocycles. The second-order valence-corrected chi connectivity index (χ2v) is 13.8. The number of piperazine rings is 2. The lowest BCUT2D eigenvalue weighted by atomic mass is 10.2. The Labute approximate surface area is 272 Å². The molecule has 0 bridgehead atoms. The van der Waals surface area contributed by atoms with E-state index in [0.717, 1.165) is 66.7 Å². The highest BCUT2D eigenvalue weighted by Gasteiger charge is 2.26. The van der Waals surface area contributed by atoms with E-state index in [-0.39, 0.29) is 17.8 Å². The van der Waals surface area contributed by atoms with Gasteiger partial charge < -0.3 is 24.6 Å². The van der Waals surface area contributed by atoms with Crippen LogP contribution in [0, 0.1) is 0 Å². The summed E-state index contributed by atoms with van der Waals surface area (Å²) in [6.45, 7) is 18.4. The van der Waals surface area contributed by atoms with Gasteiger partial charge in [0.25, 0.3) is 0 Å². The number of nitrogens with one attached hydrogen (secondary N) is 2. The third-order valence-electron chi connectivity index (χ3n) is 5.89. The van der Waals surface area contributed by atoms with Crippen molar-refractivity contribution in [1.82, 2.24) is 25.0 Å². The van der Waals surface area contributed by atoms with Crippen LogP contribution in [0.2, 0.25) is 0 Å². The van der Waals surface area contributed by atoms with Crippen LogP contribution in [-0.4, -0.2) is 102 Å². The van der Waals surface area contributed by atoms with Crippen LogP contribution in [0.25, 0.3) is 0 Å². The van der Waals surface area contributed by atoms with E-state index in [1.807, 2.05) is 59.9 Å². The summed E-state index contributed by atoms with van der Waals surface area (Å²) in [5.74, 6) is 0. The molecule has 11 nitrogen and oxygen atoms in total. The fourth-order valence-electron chi connectivity index (χ4n) is 3.81. The third kappa shape index (κ3) is 15.6. The molecule has 2 saturated heterocycles. The molecular weight excluding hydrogens is 684 g/mol. The van der Waals surface area contributed by atoms with Crippen LogP contribution in [0.4, 0.5) is 9.59 Å². The van der Waals surface area contributed by atoms with Crippen LogP contribution in [0.1, 0.15) is 57.7 Å². The molecule has 2 aliphatic rings. The number of aldehydes is 1. The van der Waals surface area contributed by atoms with E-state index in [0.29, 0.717) is 18.8 Å². The van der Waals surface area contributed by atoms with Gasteiger partial charge in [0.05, 0.1) is 10.2 Å². The molecule has 2 fully saturated rings. The predicted octanol–water partition coefficient (Wildman–Crippen LogP) is 4.80. The van der Waals surface area contributed by atoms with E-state index in [4.69, 9.17) is 9.47 Å². The molecule has 0 spiro atoms. The standard InChI is InChI=1S/C15H22BrN3O2.C9H18N2O2.C6H4BrNO/c1-15(2,3)21-14(20)19-8-6-18(7-9-19)11-13-5-4-12(16)10-17-13;1-9(2,3)13-8(12)11-6-4-10-5-7-11;7-5-1-2-6(4-9)8-3-5/h4-5,10H,6-9,11H2,1-3H3;10H,4-7H2,1-3H3;1-4H/p+1. The number of aromatic amines is 1. The van der Waals surface area contributed by atoms with Crippen molar-refractivity contribution in [3.05, 3.63) is 57.0 Å². The molecule has 2 aromatic heterocycles. The molecule has 13 heteroatoms. The van der Waals surface area contributed by atoms with Gasteiger partial charge in [-0.25, -0.2) is 14.6 Å². The summed E-state index contributed by atoms with van der Waals surface area (Å²) in [6.07, 6.45) is 3.88. The summed E-state index contributed by atoms with van der Waals surface area (Å²) in [7, 11) is 0. The van der Waals surface area contributed by atoms with Crippen LogP contribution >= 0.6 is 31.9 Å². The van der Waals surface area contributed by atoms with Crippen molar-refractivity contribution in [2.24, 2.45) is 0 Å². The average molecular weight is 730 g/mol. The number of pyridine rings is 2. The van der Waals surface area contributed by atoms with Crippen LogP contribution in [0.15, 0.2) is 45.6 Å². The van der Waals surface area contributed by atoms with E-state index in [1.54, 1.807) is 28.1 Å². The van der Waals surface area contributed by atoms with Crippen molar-refractivity contribution in [3.63, 3.8) is 0 Å². The maximum atomic E-state index is 12.0. The minimum Gasteiger partial charge on any atom is -0.444 e. The summed E-state index contributed by atoms with van der Waals surface area (Å²) in [4.78, 5) is 46.5. The van der Waals surface area contributed by atoms with Gasteiger partial charge in [-0.1, -0.05) is 0 Å². The van der Waals surface area contributed by atoms with Crippen LogP contribution < -0.4 is 10.3 Å². The van der Waals surface area contributed by atoms with Gasteiger partial charge in [0, 0.05) is 75.6 Å². The van der Waals surface area contributed by atoms with Gasteiger partial charge in [0.1, 0.15) is 11.2 Å². The second kappa shape index (κ2) is 17.6. The summed E-state index contributed by atoms with van der Waals surface area (Å²) in [5, 5.41) is 3.18. The van der Waals surface area contributed by atoms with Gasteiger partial charge in [0.2, 0.25) is 12.0 Å². The molecule has 0 atom stereocenters. The largest absolute Gasteiger partial charge is 0.444 e. The number of nitrogens with zero attached hydrogens (tertiary/aromatic N) is 4. The monoisotopic (exact) mass is 727 g/mol. The van der Waals surface area contributed by atoms with E-state index >= 15 is 0 Å². The first-order valence-electron chi connectivity index (χ1n) is 14.3. The zero-order valence-corrected chi connectivity index (χ0v) is 29.2. The number of hydrogen-bond acceptors (Lipinski definition) is 8. The fourth-order valence-corrected chi connectivity index (χ4v) is 4.29. The Morgan fingerprint density at radius 2 is 1.40 bits per heavy atom. The molecule has 2 aromatic rings. The lowest BCUT2D eigenvalue weighted by molar-refractivity contribution is -0.381. The molecule has 0 aliphatic carbocycles. The summed E-state index contributed by atoms with van der Waals surface area (Å²) < 4.78 is 12.6. The van der Waals surface area contributed by atoms with E-state index in [2.05, 4.69) is 52.0 Å². The molecule has 238 valence electrons. The Balaban J connectivity index is 0.000000249. The van der Waals surface area contributed by atoms with Crippen LogP contribution in [0.5, 0.6) is 0 Å². The number of aromatic nitrogens is 2. The molecule has 0 radical (unpaired) electrons. The number of carbonyl (C=O) groups is 3. The highest BCUT2D eigenvalue weighted by molar-refractivity contribution is 9.10. The minimum absolute atomic E-state index is 0.200. The SMILES string of the molecule is CC(C)(C)OC(=O)N1CCN(Cc2ccc(Br)cn2)CC1.CC(C)(C)OC(=O)N1CCNCC1.O=Cc1ccc(Br)c[nH+]1. The fraction of sp³-hybridized carbons (Fsp3) is 0.567. The third-order valence-corrected chi connectivity index (χ3v) is 6.86. The maximum Gasteiger partial charge on any atom is 0.410 e. The highest BCUT2D eigenvalue weighted by Crippen LogP contribution is 2.14. The molecule has 2 N–H and O–H groups in total. The number of hydrogen-bond donors (Lipinski definition) is 1. The zero-order chi connectivity index (χ0) is 32.0. The normalized spacial score (nSPS) is 15.7. The average Bonchev–Trinajstić information content (AvgIpc) is 2.94. The topological polar surface area (TPSA) is 118 Å². The van der Waals surface area contributed by atoms with Crippen LogP contribution in [-0.2, 0) is 16.0 Å². The Hall–Kier alpha value is -2.61. The molecule has 43 heavy (non-hydrogen) atoms. The van der Waals surface area contributed by atoms with Crippen LogP contribution in [0.3, 0.4) is 0 Å². The van der Waals surface area contributed by atoms with Gasteiger partial charge in [-0.05, 0) is 91.6 Å². The lowest BCUT2D eigenvalue weighted by Crippen LogP contribution is -2.49. The Morgan fingerprint density at radius 1 is 0.860 bits per heavy atom. The van der Waals surface area contributed by atoms with Gasteiger partial charge in [0.15, 0.2) is 6.20 Å². The van der Waals surface area contributed by atoms with Gasteiger partial charge in [-0.15, -0.1) is 0 Å². The van der Waals surface area contributed by atoms with Crippen molar-refractivity contribution in [3.8, 4) is 0 Å². The Kier molecular flexibility index (Phi) is 15.0. The molecule has 4 rings (SSSR count). The molecule has 4 heterocycles. The van der Waals surface area contributed by atoms with E-state index in [1.165, 1.54) is 0 Å². The summed E-state index contributed by atoms with van der Waals surface area (Å²) in [6, 6.07) is 7.53. The van der Waals surface area contributed by atoms with E-state index in [9.17, 15) is 14.4 Å². The Morgan fingerprint density at radius 3 is 1.84 bits per heavy atom. The number of H-pyrrole nitrogens is 1. The van der Waals surface area contributed by atoms with Crippen molar-refractivity contribution in [2.75, 3.05) is 52.4 Å². The number of rotatable bonds is 3. The summed E-state index contributed by atoms with van der Waals surface area (Å²) >= 11 is 6.61. The van der Waals surface area contributed by atoms with Crippen molar-refractivity contribution >= 4 is 50.3 Å². The van der Waals surface area contributed by atoms with Crippen molar-refractivity contribution < 1.29 is 28.8 Å². The number of halogens is 2. The van der Waals surface area contributed by atoms with Crippen molar-refractivity contribution in [2.45, 2.75) is 59.3 Å². The summed E-state index contributed by atoms with van der Waals surface area (Å²) in [5.41, 5.74) is 0.805. The van der Waals surface area contributed by atoms with Crippen molar-refractivity contribution in [1.29, 1.82) is 0 Å². The highest BCUT2D eigenvalue weighted by atomic mass is 79.9. The van der Waals surface area contributed by atoms with Gasteiger partial charge in [-0.3, -0.25) is 14.7 Å². The lowest BCUT2D eigenvalue weighted by Gasteiger charge is -2.35. The Bertz CT molecular complexity index is 1140. The second-order valence-electron chi connectivity index (χ2n) is 12.0. The van der Waals surface area contributed by atoms with Gasteiger partial charge >= 0.3 is 12.2 Å². The predicted molar refractivity (Wildman–Crippen MR) is 172 cm³/mol. The number of ether oxygens (including phenoxy) is 2. The quantitative estimate of drug-likeness (QED) is 0.448. The first kappa shape index (κ1) is 36.6. The zero-order valence-electron chi connectivity index (χ0n) is 26.0. The maximum absolute atomic E-state index is 12.0. The molecule has 0 unspecified atom stereocenters.